The van der Waals surface area contributed by atoms with Crippen molar-refractivity contribution in [3.63, 3.8) is 0 Å². The number of aromatic nitrogens is 2. The molecule has 0 unspecified atom stereocenters. The molecule has 0 bridgehead atoms. The van der Waals surface area contributed by atoms with E-state index in [1.54, 1.807) is 0 Å². The van der Waals surface area contributed by atoms with E-state index >= 15 is 0 Å². The molecule has 0 aliphatic heterocycles. The summed E-state index contributed by atoms with van der Waals surface area (Å²) in [6, 6.07) is 11.6. The van der Waals surface area contributed by atoms with Crippen LogP contribution in [0.25, 0.3) is 11.0 Å². The molecule has 0 fully saturated rings. The number of carbonyl (C=O) groups is 1. The minimum Gasteiger partial charge on any atom is -0.338 e. The van der Waals surface area contributed by atoms with Gasteiger partial charge in [0.1, 0.15) is 5.65 Å². The van der Waals surface area contributed by atoms with E-state index in [1.165, 1.54) is 11.1 Å². The molecule has 0 atom stereocenters. The van der Waals surface area contributed by atoms with Crippen LogP contribution < -0.4 is 10.6 Å². The van der Waals surface area contributed by atoms with Gasteiger partial charge in [0.05, 0.1) is 0 Å². The first-order valence-corrected chi connectivity index (χ1v) is 8.71. The highest BCUT2D eigenvalue weighted by atomic mass is 16.2. The van der Waals surface area contributed by atoms with Crippen molar-refractivity contribution in [2.24, 2.45) is 0 Å². The summed E-state index contributed by atoms with van der Waals surface area (Å²) >= 11 is 0. The predicted octanol–water partition coefficient (Wildman–Crippen LogP) is 4.12. The monoisotopic (exact) mass is 336 g/mol. The van der Waals surface area contributed by atoms with Crippen LogP contribution in [0.15, 0.2) is 48.8 Å². The van der Waals surface area contributed by atoms with Crippen LogP contribution in [-0.2, 0) is 13.0 Å². The maximum atomic E-state index is 12.0. The standard InChI is InChI=1S/C20H24N4O/c1-3-13-24-14-16(18-5-4-11-21-19(18)24)10-12-22-20(25)23-17-8-6-15(2)7-9-17/h4-9,11,14H,3,10,12-13H2,1-2H3,(H2,22,23,25). The number of hydrogen-bond donors (Lipinski definition) is 2. The lowest BCUT2D eigenvalue weighted by atomic mass is 10.1. The average Bonchev–Trinajstić information content (AvgIpc) is 2.96. The summed E-state index contributed by atoms with van der Waals surface area (Å²) < 4.78 is 2.19. The lowest BCUT2D eigenvalue weighted by Crippen LogP contribution is -2.30. The second kappa shape index (κ2) is 7.83. The number of hydrogen-bond acceptors (Lipinski definition) is 2. The first-order chi connectivity index (χ1) is 12.2. The molecule has 130 valence electrons. The fourth-order valence-corrected chi connectivity index (χ4v) is 2.93. The van der Waals surface area contributed by atoms with Crippen molar-refractivity contribution in [3.05, 3.63) is 59.9 Å². The third kappa shape index (κ3) is 4.18. The number of rotatable bonds is 6. The fourth-order valence-electron chi connectivity index (χ4n) is 2.93. The summed E-state index contributed by atoms with van der Waals surface area (Å²) in [6.45, 7) is 5.71. The van der Waals surface area contributed by atoms with Gasteiger partial charge in [-0.05, 0) is 49.6 Å². The largest absolute Gasteiger partial charge is 0.338 e. The van der Waals surface area contributed by atoms with E-state index in [-0.39, 0.29) is 6.03 Å². The Morgan fingerprint density at radius 3 is 2.76 bits per heavy atom. The van der Waals surface area contributed by atoms with Gasteiger partial charge in [0.25, 0.3) is 0 Å². The van der Waals surface area contributed by atoms with Crippen molar-refractivity contribution in [1.82, 2.24) is 14.9 Å². The molecule has 3 rings (SSSR count). The van der Waals surface area contributed by atoms with Gasteiger partial charge >= 0.3 is 6.03 Å². The number of nitrogens with one attached hydrogen (secondary N) is 2. The summed E-state index contributed by atoms with van der Waals surface area (Å²) in [6.07, 6.45) is 5.82. The zero-order valence-corrected chi connectivity index (χ0v) is 14.7. The summed E-state index contributed by atoms with van der Waals surface area (Å²) in [5.41, 5.74) is 4.20. The number of benzene rings is 1. The average molecular weight is 336 g/mol. The molecule has 5 heteroatoms. The molecule has 0 saturated heterocycles. The van der Waals surface area contributed by atoms with Crippen molar-refractivity contribution in [3.8, 4) is 0 Å². The van der Waals surface area contributed by atoms with Crippen LogP contribution in [-0.4, -0.2) is 22.1 Å². The molecule has 25 heavy (non-hydrogen) atoms. The summed E-state index contributed by atoms with van der Waals surface area (Å²) in [7, 11) is 0. The maximum Gasteiger partial charge on any atom is 0.319 e. The number of nitrogens with zero attached hydrogens (tertiary/aromatic N) is 2. The van der Waals surface area contributed by atoms with Gasteiger partial charge in [-0.2, -0.15) is 0 Å². The molecular formula is C20H24N4O. The van der Waals surface area contributed by atoms with Crippen LogP contribution in [0.3, 0.4) is 0 Å². The van der Waals surface area contributed by atoms with Gasteiger partial charge < -0.3 is 15.2 Å². The van der Waals surface area contributed by atoms with E-state index in [1.807, 2.05) is 43.5 Å². The van der Waals surface area contributed by atoms with E-state index in [2.05, 4.69) is 39.4 Å². The molecule has 0 saturated carbocycles. The molecule has 0 spiro atoms. The fraction of sp³-hybridized carbons (Fsp3) is 0.300. The smallest absolute Gasteiger partial charge is 0.319 e. The van der Waals surface area contributed by atoms with E-state index in [0.29, 0.717) is 6.54 Å². The number of fused-ring (bicyclic) bond motifs is 1. The second-order valence-electron chi connectivity index (χ2n) is 6.22. The van der Waals surface area contributed by atoms with Gasteiger partial charge in [-0.25, -0.2) is 9.78 Å². The lowest BCUT2D eigenvalue weighted by Gasteiger charge is -2.07. The Morgan fingerprint density at radius 2 is 2.00 bits per heavy atom. The SMILES string of the molecule is CCCn1cc(CCNC(=O)Nc2ccc(C)cc2)c2cccnc21. The molecule has 1 aromatic carbocycles. The van der Waals surface area contributed by atoms with Crippen molar-refractivity contribution >= 4 is 22.8 Å². The highest BCUT2D eigenvalue weighted by molar-refractivity contribution is 5.89. The predicted molar refractivity (Wildman–Crippen MR) is 102 cm³/mol. The van der Waals surface area contributed by atoms with E-state index in [0.717, 1.165) is 36.1 Å². The number of pyridine rings is 1. The van der Waals surface area contributed by atoms with E-state index in [4.69, 9.17) is 0 Å². The summed E-state index contributed by atoms with van der Waals surface area (Å²) in [4.78, 5) is 16.5. The number of carbonyl (C=O) groups excluding carboxylic acids is 1. The van der Waals surface area contributed by atoms with Crippen LogP contribution in [0.1, 0.15) is 24.5 Å². The Labute approximate surface area is 148 Å². The molecule has 0 radical (unpaired) electrons. The van der Waals surface area contributed by atoms with Crippen molar-refractivity contribution in [1.29, 1.82) is 0 Å². The van der Waals surface area contributed by atoms with Crippen LogP contribution >= 0.6 is 0 Å². The summed E-state index contributed by atoms with van der Waals surface area (Å²) in [5, 5.41) is 6.93. The van der Waals surface area contributed by atoms with Crippen LogP contribution in [0.5, 0.6) is 0 Å². The minimum absolute atomic E-state index is 0.181. The molecule has 5 nitrogen and oxygen atoms in total. The van der Waals surface area contributed by atoms with Crippen molar-refractivity contribution in [2.75, 3.05) is 11.9 Å². The van der Waals surface area contributed by atoms with Crippen LogP contribution in [0, 0.1) is 6.92 Å². The van der Waals surface area contributed by atoms with Gasteiger partial charge in [-0.15, -0.1) is 0 Å². The Bertz CT molecular complexity index is 852. The Hall–Kier alpha value is -2.82. The van der Waals surface area contributed by atoms with Gasteiger partial charge in [0, 0.05) is 36.6 Å². The lowest BCUT2D eigenvalue weighted by molar-refractivity contribution is 0.252. The minimum atomic E-state index is -0.181. The molecule has 0 aliphatic rings. The first-order valence-electron chi connectivity index (χ1n) is 8.71. The number of urea groups is 1. The van der Waals surface area contributed by atoms with Crippen LogP contribution in [0.2, 0.25) is 0 Å². The summed E-state index contributed by atoms with van der Waals surface area (Å²) in [5.74, 6) is 0. The molecule has 3 aromatic rings. The highest BCUT2D eigenvalue weighted by Gasteiger charge is 2.09. The topological polar surface area (TPSA) is 59.0 Å². The normalized spacial score (nSPS) is 10.8. The Morgan fingerprint density at radius 1 is 1.20 bits per heavy atom. The second-order valence-corrected chi connectivity index (χ2v) is 6.22. The zero-order chi connectivity index (χ0) is 17.6. The van der Waals surface area contributed by atoms with Gasteiger partial charge in [-0.1, -0.05) is 24.6 Å². The van der Waals surface area contributed by atoms with Gasteiger partial charge in [0.2, 0.25) is 0 Å². The molecule has 2 aromatic heterocycles. The quantitative estimate of drug-likeness (QED) is 0.711. The number of aryl methyl sites for hydroxylation is 2. The Kier molecular flexibility index (Phi) is 5.33. The highest BCUT2D eigenvalue weighted by Crippen LogP contribution is 2.20. The van der Waals surface area contributed by atoms with Gasteiger partial charge in [0.15, 0.2) is 0 Å². The molecule has 2 heterocycles. The maximum absolute atomic E-state index is 12.0. The number of amides is 2. The van der Waals surface area contributed by atoms with Gasteiger partial charge in [-0.3, -0.25) is 0 Å². The number of anilines is 1. The molecule has 0 aliphatic carbocycles. The van der Waals surface area contributed by atoms with Crippen molar-refractivity contribution in [2.45, 2.75) is 33.2 Å². The third-order valence-electron chi connectivity index (χ3n) is 4.17. The molecular weight excluding hydrogens is 312 g/mol. The van der Waals surface area contributed by atoms with E-state index < -0.39 is 0 Å². The van der Waals surface area contributed by atoms with Crippen LogP contribution in [0.4, 0.5) is 10.5 Å². The van der Waals surface area contributed by atoms with E-state index in [9.17, 15) is 4.79 Å². The first kappa shape index (κ1) is 17.0. The zero-order valence-electron chi connectivity index (χ0n) is 14.7. The molecule has 2 N–H and O–H groups in total. The third-order valence-corrected chi connectivity index (χ3v) is 4.17. The van der Waals surface area contributed by atoms with Crippen molar-refractivity contribution < 1.29 is 4.79 Å². The molecule has 2 amide bonds. The Balaban J connectivity index is 1.59.